The molecule has 2 heteroatoms. The van der Waals surface area contributed by atoms with Crippen molar-refractivity contribution in [3.63, 3.8) is 0 Å². The highest BCUT2D eigenvalue weighted by Gasteiger charge is 2.15. The first-order valence-corrected chi connectivity index (χ1v) is 7.22. The van der Waals surface area contributed by atoms with Crippen molar-refractivity contribution in [2.24, 2.45) is 0 Å². The molecule has 0 radical (unpaired) electrons. The molecule has 1 aromatic carbocycles. The first kappa shape index (κ1) is 14.7. The van der Waals surface area contributed by atoms with Gasteiger partial charge >= 0.3 is 0 Å². The summed E-state index contributed by atoms with van der Waals surface area (Å²) in [5, 5.41) is 3.69. The Kier molecular flexibility index (Phi) is 4.56. The number of pyridine rings is 1. The lowest BCUT2D eigenvalue weighted by molar-refractivity contribution is 0.491. The first-order chi connectivity index (χ1) is 9.49. The van der Waals surface area contributed by atoms with E-state index >= 15 is 0 Å². The van der Waals surface area contributed by atoms with Gasteiger partial charge in [0.05, 0.1) is 0 Å². The van der Waals surface area contributed by atoms with Gasteiger partial charge in [0.15, 0.2) is 0 Å². The summed E-state index contributed by atoms with van der Waals surface area (Å²) >= 11 is 0. The highest BCUT2D eigenvalue weighted by Crippen LogP contribution is 2.25. The molecule has 0 amide bonds. The summed E-state index contributed by atoms with van der Waals surface area (Å²) in [6, 6.07) is 9.31. The lowest BCUT2D eigenvalue weighted by atomic mass is 9.94. The van der Waals surface area contributed by atoms with E-state index in [1.165, 1.54) is 27.8 Å². The quantitative estimate of drug-likeness (QED) is 0.888. The fourth-order valence-corrected chi connectivity index (χ4v) is 3.08. The topological polar surface area (TPSA) is 24.9 Å². The van der Waals surface area contributed by atoms with Crippen LogP contribution in [0.5, 0.6) is 0 Å². The molecule has 0 aliphatic heterocycles. The van der Waals surface area contributed by atoms with E-state index in [-0.39, 0.29) is 0 Å². The molecular weight excluding hydrogens is 244 g/mol. The van der Waals surface area contributed by atoms with Crippen molar-refractivity contribution >= 4 is 0 Å². The summed E-state index contributed by atoms with van der Waals surface area (Å²) in [6.07, 6.45) is 3.70. The van der Waals surface area contributed by atoms with E-state index in [1.807, 2.05) is 12.4 Å². The molecule has 0 spiro atoms. The van der Waals surface area contributed by atoms with Crippen molar-refractivity contribution in [1.82, 2.24) is 10.3 Å². The third kappa shape index (κ3) is 3.26. The van der Waals surface area contributed by atoms with Crippen LogP contribution < -0.4 is 5.32 Å². The maximum Gasteiger partial charge on any atom is 0.0302 e. The van der Waals surface area contributed by atoms with E-state index in [1.54, 1.807) is 0 Å². The van der Waals surface area contributed by atoms with Crippen molar-refractivity contribution in [2.45, 2.75) is 46.7 Å². The van der Waals surface area contributed by atoms with Crippen LogP contribution in [0.15, 0.2) is 36.7 Å². The molecule has 1 unspecified atom stereocenters. The third-order valence-electron chi connectivity index (χ3n) is 3.88. The molecule has 0 bridgehead atoms. The molecule has 2 atom stereocenters. The lowest BCUT2D eigenvalue weighted by Gasteiger charge is -2.24. The van der Waals surface area contributed by atoms with E-state index in [2.05, 4.69) is 69.2 Å². The molecule has 20 heavy (non-hydrogen) atoms. The smallest absolute Gasteiger partial charge is 0.0302 e. The number of nitrogens with zero attached hydrogens (tertiary/aromatic N) is 1. The van der Waals surface area contributed by atoms with E-state index < -0.39 is 0 Å². The third-order valence-corrected chi connectivity index (χ3v) is 3.88. The lowest BCUT2D eigenvalue weighted by Crippen LogP contribution is -2.23. The molecule has 0 fully saturated rings. The molecule has 1 N–H and O–H groups in total. The Balaban J connectivity index is 2.19. The zero-order valence-corrected chi connectivity index (χ0v) is 13.1. The Hall–Kier alpha value is -1.67. The maximum absolute atomic E-state index is 4.08. The summed E-state index contributed by atoms with van der Waals surface area (Å²) in [6.45, 7) is 11.0. The number of rotatable bonds is 4. The van der Waals surface area contributed by atoms with Gasteiger partial charge in [-0.1, -0.05) is 17.7 Å². The molecule has 0 aliphatic carbocycles. The fourth-order valence-electron chi connectivity index (χ4n) is 3.08. The van der Waals surface area contributed by atoms with Gasteiger partial charge in [-0.25, -0.2) is 0 Å². The van der Waals surface area contributed by atoms with Crippen LogP contribution in [0.4, 0.5) is 0 Å². The van der Waals surface area contributed by atoms with E-state index in [0.717, 1.165) is 0 Å². The predicted octanol–water partition coefficient (Wildman–Crippen LogP) is 4.42. The van der Waals surface area contributed by atoms with Crippen molar-refractivity contribution in [1.29, 1.82) is 0 Å². The van der Waals surface area contributed by atoms with Gasteiger partial charge < -0.3 is 5.32 Å². The second-order valence-electron chi connectivity index (χ2n) is 5.70. The van der Waals surface area contributed by atoms with Crippen LogP contribution in [0.2, 0.25) is 0 Å². The van der Waals surface area contributed by atoms with Crippen LogP contribution in [-0.2, 0) is 0 Å². The minimum atomic E-state index is 0.313. The Labute approximate surface area is 122 Å². The van der Waals surface area contributed by atoms with Gasteiger partial charge in [-0.2, -0.15) is 0 Å². The molecule has 0 saturated heterocycles. The van der Waals surface area contributed by atoms with Gasteiger partial charge in [0.1, 0.15) is 0 Å². The minimum absolute atomic E-state index is 0.313. The number of aryl methyl sites for hydroxylation is 3. The molecule has 1 aromatic heterocycles. The summed E-state index contributed by atoms with van der Waals surface area (Å²) in [5.74, 6) is 0. The van der Waals surface area contributed by atoms with Crippen LogP contribution in [0, 0.1) is 20.8 Å². The van der Waals surface area contributed by atoms with E-state index in [0.29, 0.717) is 12.1 Å². The molecule has 1 heterocycles. The average Bonchev–Trinajstić information content (AvgIpc) is 2.38. The zero-order valence-electron chi connectivity index (χ0n) is 13.1. The van der Waals surface area contributed by atoms with Crippen LogP contribution >= 0.6 is 0 Å². The Morgan fingerprint density at radius 1 is 0.900 bits per heavy atom. The SMILES string of the molecule is Cc1cc(C)c(C(C)N[C@@H](C)c2ccncc2)c(C)c1. The van der Waals surface area contributed by atoms with Crippen LogP contribution in [0.25, 0.3) is 0 Å². The van der Waals surface area contributed by atoms with Crippen molar-refractivity contribution in [3.05, 3.63) is 64.5 Å². The second kappa shape index (κ2) is 6.19. The highest BCUT2D eigenvalue weighted by atomic mass is 14.9. The molecule has 2 aromatic rings. The Bertz CT molecular complexity index is 552. The number of hydrogen-bond acceptors (Lipinski definition) is 2. The molecule has 106 valence electrons. The number of nitrogens with one attached hydrogen (secondary N) is 1. The number of benzene rings is 1. The summed E-state index contributed by atoms with van der Waals surface area (Å²) in [7, 11) is 0. The van der Waals surface area contributed by atoms with E-state index in [4.69, 9.17) is 0 Å². The predicted molar refractivity (Wildman–Crippen MR) is 84.9 cm³/mol. The minimum Gasteiger partial charge on any atom is -0.304 e. The summed E-state index contributed by atoms with van der Waals surface area (Å²) in [4.78, 5) is 4.08. The fraction of sp³-hybridized carbons (Fsp3) is 0.389. The van der Waals surface area contributed by atoms with Gasteiger partial charge in [0.2, 0.25) is 0 Å². The number of aromatic nitrogens is 1. The molecular formula is C18H24N2. The van der Waals surface area contributed by atoms with E-state index in [9.17, 15) is 0 Å². The second-order valence-corrected chi connectivity index (χ2v) is 5.70. The first-order valence-electron chi connectivity index (χ1n) is 7.22. The normalized spacial score (nSPS) is 14.1. The monoisotopic (exact) mass is 268 g/mol. The average molecular weight is 268 g/mol. The number of hydrogen-bond donors (Lipinski definition) is 1. The maximum atomic E-state index is 4.08. The Morgan fingerprint density at radius 2 is 1.45 bits per heavy atom. The van der Waals surface area contributed by atoms with Crippen LogP contribution in [0.1, 0.15) is 53.7 Å². The molecule has 0 saturated carbocycles. The van der Waals surface area contributed by atoms with Crippen LogP contribution in [-0.4, -0.2) is 4.98 Å². The van der Waals surface area contributed by atoms with Crippen molar-refractivity contribution in [3.8, 4) is 0 Å². The van der Waals surface area contributed by atoms with Gasteiger partial charge in [0, 0.05) is 24.5 Å². The van der Waals surface area contributed by atoms with Gasteiger partial charge in [-0.15, -0.1) is 0 Å². The summed E-state index contributed by atoms with van der Waals surface area (Å²) in [5.41, 5.74) is 6.75. The molecule has 2 rings (SSSR count). The van der Waals surface area contributed by atoms with Crippen molar-refractivity contribution in [2.75, 3.05) is 0 Å². The Morgan fingerprint density at radius 3 is 2.00 bits per heavy atom. The molecule has 2 nitrogen and oxygen atoms in total. The van der Waals surface area contributed by atoms with Crippen LogP contribution in [0.3, 0.4) is 0 Å². The summed E-state index contributed by atoms with van der Waals surface area (Å²) < 4.78 is 0. The standard InChI is InChI=1S/C18H24N2/c1-12-10-13(2)18(14(3)11-12)16(5)20-15(4)17-6-8-19-9-7-17/h6-11,15-16,20H,1-5H3/t15-,16?/m0/s1. The largest absolute Gasteiger partial charge is 0.304 e. The van der Waals surface area contributed by atoms with Gasteiger partial charge in [-0.3, -0.25) is 4.98 Å². The zero-order chi connectivity index (χ0) is 14.7. The van der Waals surface area contributed by atoms with Gasteiger partial charge in [-0.05, 0) is 69.0 Å². The van der Waals surface area contributed by atoms with Gasteiger partial charge in [0.25, 0.3) is 0 Å². The highest BCUT2D eigenvalue weighted by molar-refractivity contribution is 5.39. The van der Waals surface area contributed by atoms with Crippen molar-refractivity contribution < 1.29 is 0 Å². The molecule has 0 aliphatic rings.